The van der Waals surface area contributed by atoms with Crippen molar-refractivity contribution in [3.05, 3.63) is 57.8 Å². The van der Waals surface area contributed by atoms with Crippen molar-refractivity contribution in [3.63, 3.8) is 0 Å². The molecule has 110 valence electrons. The molecule has 0 saturated carbocycles. The Labute approximate surface area is 123 Å². The summed E-state index contributed by atoms with van der Waals surface area (Å²) >= 11 is 1.26. The molecule has 0 saturated heterocycles. The molecule has 1 N–H and O–H groups in total. The number of carbonyl (C=O) groups is 2. The molecule has 2 aromatic rings. The minimum atomic E-state index is -1.06. The molecule has 1 aromatic carbocycles. The van der Waals surface area contributed by atoms with E-state index < -0.39 is 34.9 Å². The summed E-state index contributed by atoms with van der Waals surface area (Å²) in [7, 11) is 0. The molecule has 2 rings (SSSR count). The first-order chi connectivity index (χ1) is 10.0. The lowest BCUT2D eigenvalue weighted by Crippen LogP contribution is -2.16. The van der Waals surface area contributed by atoms with E-state index in [0.29, 0.717) is 4.88 Å². The van der Waals surface area contributed by atoms with Gasteiger partial charge in [0.25, 0.3) is 0 Å². The first-order valence-electron chi connectivity index (χ1n) is 6.24. The molecule has 6 heteroatoms. The summed E-state index contributed by atoms with van der Waals surface area (Å²) in [6, 6.07) is 6.57. The summed E-state index contributed by atoms with van der Waals surface area (Å²) in [5.74, 6) is -4.51. The van der Waals surface area contributed by atoms with Gasteiger partial charge in [-0.3, -0.25) is 9.59 Å². The van der Waals surface area contributed by atoms with Gasteiger partial charge in [0.15, 0.2) is 5.78 Å². The van der Waals surface area contributed by atoms with Crippen molar-refractivity contribution < 1.29 is 23.5 Å². The number of hydrogen-bond donors (Lipinski definition) is 1. The van der Waals surface area contributed by atoms with Gasteiger partial charge < -0.3 is 5.11 Å². The average molecular weight is 310 g/mol. The van der Waals surface area contributed by atoms with Gasteiger partial charge in [-0.2, -0.15) is 0 Å². The maximum absolute atomic E-state index is 13.7. The summed E-state index contributed by atoms with van der Waals surface area (Å²) in [6.07, 6.45) is -0.243. The van der Waals surface area contributed by atoms with Crippen LogP contribution < -0.4 is 0 Å². The Hall–Kier alpha value is -2.08. The highest BCUT2D eigenvalue weighted by atomic mass is 32.1. The number of halogens is 2. The Balaban J connectivity index is 2.36. The second-order valence-corrected chi connectivity index (χ2v) is 5.44. The molecule has 0 fully saturated rings. The van der Waals surface area contributed by atoms with Gasteiger partial charge in [-0.05, 0) is 30.0 Å². The predicted molar refractivity (Wildman–Crippen MR) is 74.6 cm³/mol. The second-order valence-electron chi connectivity index (χ2n) is 4.46. The molecule has 1 heterocycles. The summed E-state index contributed by atoms with van der Waals surface area (Å²) < 4.78 is 27.5. The van der Waals surface area contributed by atoms with Gasteiger partial charge >= 0.3 is 5.97 Å². The van der Waals surface area contributed by atoms with Crippen LogP contribution in [0.2, 0.25) is 0 Å². The first kappa shape index (κ1) is 15.3. The van der Waals surface area contributed by atoms with Crippen LogP contribution >= 0.6 is 11.3 Å². The fourth-order valence-electron chi connectivity index (χ4n) is 2.07. The molecule has 0 amide bonds. The lowest BCUT2D eigenvalue weighted by Gasteiger charge is -2.14. The molecule has 0 radical (unpaired) electrons. The molecule has 21 heavy (non-hydrogen) atoms. The molecule has 0 aliphatic rings. The summed E-state index contributed by atoms with van der Waals surface area (Å²) in [5.41, 5.74) is -0.610. The number of thiophene rings is 1. The normalized spacial score (nSPS) is 12.1. The van der Waals surface area contributed by atoms with Crippen LogP contribution in [0.3, 0.4) is 0 Å². The molecule has 1 aromatic heterocycles. The van der Waals surface area contributed by atoms with Crippen LogP contribution in [0.5, 0.6) is 0 Å². The monoisotopic (exact) mass is 310 g/mol. The van der Waals surface area contributed by atoms with E-state index in [1.54, 1.807) is 17.5 Å². The van der Waals surface area contributed by atoms with Crippen molar-refractivity contribution >= 4 is 23.1 Å². The van der Waals surface area contributed by atoms with Crippen molar-refractivity contribution in [2.45, 2.75) is 18.8 Å². The van der Waals surface area contributed by atoms with E-state index in [0.717, 1.165) is 12.1 Å². The number of benzene rings is 1. The van der Waals surface area contributed by atoms with Gasteiger partial charge in [-0.25, -0.2) is 8.78 Å². The smallest absolute Gasteiger partial charge is 0.303 e. The minimum absolute atomic E-state index is 0.00243. The van der Waals surface area contributed by atoms with Crippen molar-refractivity contribution in [3.8, 4) is 0 Å². The topological polar surface area (TPSA) is 54.4 Å². The quantitative estimate of drug-likeness (QED) is 0.824. The Morgan fingerprint density at radius 2 is 1.81 bits per heavy atom. The third-order valence-corrected chi connectivity index (χ3v) is 4.05. The van der Waals surface area contributed by atoms with Crippen LogP contribution in [-0.4, -0.2) is 16.9 Å². The summed E-state index contributed by atoms with van der Waals surface area (Å²) in [6.45, 7) is 0. The van der Waals surface area contributed by atoms with Gasteiger partial charge in [0.2, 0.25) is 0 Å². The number of rotatable bonds is 6. The molecule has 0 aliphatic carbocycles. The number of carbonyl (C=O) groups excluding carboxylic acids is 1. The second kappa shape index (κ2) is 6.58. The van der Waals surface area contributed by atoms with E-state index in [1.165, 1.54) is 17.4 Å². The molecule has 0 aliphatic heterocycles. The Morgan fingerprint density at radius 3 is 2.33 bits per heavy atom. The summed E-state index contributed by atoms with van der Waals surface area (Å²) in [5, 5.41) is 10.5. The Kier molecular flexibility index (Phi) is 4.80. The SMILES string of the molecule is O=C(O)CCC(C(=O)c1c(F)cccc1F)c1cccs1. The maximum atomic E-state index is 13.7. The van der Waals surface area contributed by atoms with Gasteiger partial charge in [0.1, 0.15) is 11.6 Å². The maximum Gasteiger partial charge on any atom is 0.303 e. The molecule has 1 unspecified atom stereocenters. The number of hydrogen-bond acceptors (Lipinski definition) is 3. The molecule has 3 nitrogen and oxygen atoms in total. The fourth-order valence-corrected chi connectivity index (χ4v) is 2.93. The lowest BCUT2D eigenvalue weighted by atomic mass is 9.91. The van der Waals surface area contributed by atoms with Crippen LogP contribution in [0.1, 0.15) is 34.0 Å². The lowest BCUT2D eigenvalue weighted by molar-refractivity contribution is -0.137. The fraction of sp³-hybridized carbons (Fsp3) is 0.200. The average Bonchev–Trinajstić information content (AvgIpc) is 2.92. The Morgan fingerprint density at radius 1 is 1.14 bits per heavy atom. The van der Waals surface area contributed by atoms with Crippen LogP contribution in [0, 0.1) is 11.6 Å². The molecule has 0 bridgehead atoms. The number of aliphatic carboxylic acids is 1. The number of carboxylic acid groups (broad SMARTS) is 1. The van der Waals surface area contributed by atoms with Crippen molar-refractivity contribution in [1.29, 1.82) is 0 Å². The molecule has 0 spiro atoms. The van der Waals surface area contributed by atoms with Crippen LogP contribution in [-0.2, 0) is 4.79 Å². The Bertz CT molecular complexity index is 633. The van der Waals surface area contributed by atoms with Crippen LogP contribution in [0.4, 0.5) is 8.78 Å². The highest BCUT2D eigenvalue weighted by Gasteiger charge is 2.28. The number of Topliss-reactive ketones (excluding diaryl/α,β-unsaturated/α-hetero) is 1. The minimum Gasteiger partial charge on any atom is -0.481 e. The van der Waals surface area contributed by atoms with E-state index in [-0.39, 0.29) is 12.8 Å². The van der Waals surface area contributed by atoms with Crippen LogP contribution in [0.25, 0.3) is 0 Å². The van der Waals surface area contributed by atoms with Crippen LogP contribution in [0.15, 0.2) is 35.7 Å². The third kappa shape index (κ3) is 3.52. The van der Waals surface area contributed by atoms with E-state index in [4.69, 9.17) is 5.11 Å². The number of carboxylic acids is 1. The molecule has 1 atom stereocenters. The first-order valence-corrected chi connectivity index (χ1v) is 7.12. The van der Waals surface area contributed by atoms with Crippen molar-refractivity contribution in [1.82, 2.24) is 0 Å². The zero-order chi connectivity index (χ0) is 15.4. The van der Waals surface area contributed by atoms with E-state index >= 15 is 0 Å². The number of ketones is 1. The zero-order valence-electron chi connectivity index (χ0n) is 10.9. The predicted octanol–water partition coefficient (Wildman–Crippen LogP) is 3.86. The largest absolute Gasteiger partial charge is 0.481 e. The van der Waals surface area contributed by atoms with E-state index in [1.807, 2.05) is 0 Å². The van der Waals surface area contributed by atoms with Gasteiger partial charge in [0.05, 0.1) is 11.5 Å². The molecular formula is C15H12F2O3S. The van der Waals surface area contributed by atoms with Gasteiger partial charge in [-0.15, -0.1) is 11.3 Å². The van der Waals surface area contributed by atoms with Crippen molar-refractivity contribution in [2.24, 2.45) is 0 Å². The summed E-state index contributed by atoms with van der Waals surface area (Å²) in [4.78, 5) is 23.7. The zero-order valence-corrected chi connectivity index (χ0v) is 11.7. The molecular weight excluding hydrogens is 298 g/mol. The highest BCUT2D eigenvalue weighted by Crippen LogP contribution is 2.31. The van der Waals surface area contributed by atoms with Gasteiger partial charge in [-0.1, -0.05) is 12.1 Å². The highest BCUT2D eigenvalue weighted by molar-refractivity contribution is 7.10. The van der Waals surface area contributed by atoms with E-state index in [2.05, 4.69) is 0 Å². The third-order valence-electron chi connectivity index (χ3n) is 3.06. The van der Waals surface area contributed by atoms with Gasteiger partial charge in [0, 0.05) is 11.3 Å². The van der Waals surface area contributed by atoms with E-state index in [9.17, 15) is 18.4 Å². The standard InChI is InChI=1S/C15H12F2O3S/c16-10-3-1-4-11(17)14(10)15(20)9(6-7-13(18)19)12-5-2-8-21-12/h1-5,8-9H,6-7H2,(H,18,19). The van der Waals surface area contributed by atoms with Crippen molar-refractivity contribution in [2.75, 3.05) is 0 Å².